The Hall–Kier alpha value is -0.440. The number of hydrogen-bond acceptors (Lipinski definition) is 2. The first-order chi connectivity index (χ1) is 8.75. The lowest BCUT2D eigenvalue weighted by Crippen LogP contribution is -2.20. The van der Waals surface area contributed by atoms with Gasteiger partial charge in [-0.3, -0.25) is 0 Å². The quantitative estimate of drug-likeness (QED) is 0.726. The van der Waals surface area contributed by atoms with Gasteiger partial charge in [-0.25, -0.2) is 0 Å². The van der Waals surface area contributed by atoms with E-state index in [0.29, 0.717) is 22.4 Å². The summed E-state index contributed by atoms with van der Waals surface area (Å²) in [5.74, 6) is 0.685. The van der Waals surface area contributed by atoms with Crippen molar-refractivity contribution in [2.75, 3.05) is 26.2 Å². The number of rotatable bonds is 6. The minimum atomic E-state index is 0.624. The normalized spacial score (nSPS) is 16.1. The van der Waals surface area contributed by atoms with Crippen LogP contribution in [-0.2, 0) is 0 Å². The zero-order valence-electron chi connectivity index (χ0n) is 10.5. The fourth-order valence-corrected chi connectivity index (χ4v) is 2.55. The summed E-state index contributed by atoms with van der Waals surface area (Å²) in [4.78, 5) is 2.52. The molecule has 0 aromatic heterocycles. The van der Waals surface area contributed by atoms with Gasteiger partial charge in [0.2, 0.25) is 0 Å². The van der Waals surface area contributed by atoms with Crippen LogP contribution in [0.25, 0.3) is 0 Å². The van der Waals surface area contributed by atoms with Crippen molar-refractivity contribution in [1.82, 2.24) is 4.90 Å². The van der Waals surface area contributed by atoms with Crippen molar-refractivity contribution in [2.45, 2.75) is 25.7 Å². The lowest BCUT2D eigenvalue weighted by atomic mass is 10.3. The van der Waals surface area contributed by atoms with E-state index in [-0.39, 0.29) is 0 Å². The molecule has 1 aromatic rings. The molecule has 0 radical (unpaired) electrons. The van der Waals surface area contributed by atoms with Gasteiger partial charge < -0.3 is 9.64 Å². The molecule has 0 saturated carbocycles. The second kappa shape index (κ2) is 7.22. The minimum Gasteiger partial charge on any atom is -0.492 e. The minimum absolute atomic E-state index is 0.624. The molecule has 2 nitrogen and oxygen atoms in total. The number of ether oxygens (including phenoxy) is 1. The number of benzene rings is 1. The van der Waals surface area contributed by atoms with Crippen LogP contribution in [0.4, 0.5) is 0 Å². The first-order valence-corrected chi connectivity index (χ1v) is 7.31. The summed E-state index contributed by atoms with van der Waals surface area (Å²) in [6.07, 6.45) is 4.95. The van der Waals surface area contributed by atoms with Crippen molar-refractivity contribution in [1.29, 1.82) is 0 Å². The lowest BCUT2D eigenvalue weighted by Gasteiger charge is -2.14. The van der Waals surface area contributed by atoms with Gasteiger partial charge in [-0.05, 0) is 57.5 Å². The zero-order valence-corrected chi connectivity index (χ0v) is 12.0. The maximum atomic E-state index is 6.02. The molecule has 0 unspecified atom stereocenters. The Labute approximate surface area is 119 Å². The van der Waals surface area contributed by atoms with Crippen molar-refractivity contribution in [3.05, 3.63) is 28.2 Å². The van der Waals surface area contributed by atoms with Gasteiger partial charge in [0.1, 0.15) is 5.75 Å². The molecule has 0 spiro atoms. The van der Waals surface area contributed by atoms with E-state index < -0.39 is 0 Å². The Bertz CT molecular complexity index is 378. The molecule has 1 saturated heterocycles. The average Bonchev–Trinajstić information content (AvgIpc) is 2.86. The fourth-order valence-electron chi connectivity index (χ4n) is 2.21. The van der Waals surface area contributed by atoms with Crippen LogP contribution in [0.3, 0.4) is 0 Å². The predicted octanol–water partition coefficient (Wildman–Crippen LogP) is 4.25. The maximum absolute atomic E-state index is 6.02. The Morgan fingerprint density at radius 2 is 1.89 bits per heavy atom. The van der Waals surface area contributed by atoms with Gasteiger partial charge in [0.15, 0.2) is 0 Å². The van der Waals surface area contributed by atoms with Crippen molar-refractivity contribution in [3.8, 4) is 5.75 Å². The van der Waals surface area contributed by atoms with Gasteiger partial charge in [0.05, 0.1) is 11.6 Å². The highest BCUT2D eigenvalue weighted by Crippen LogP contribution is 2.27. The third-order valence-electron chi connectivity index (χ3n) is 3.22. The smallest absolute Gasteiger partial charge is 0.139 e. The van der Waals surface area contributed by atoms with Gasteiger partial charge in [-0.2, -0.15) is 0 Å². The number of halogens is 2. The van der Waals surface area contributed by atoms with Gasteiger partial charge in [-0.1, -0.05) is 23.2 Å². The zero-order chi connectivity index (χ0) is 12.8. The van der Waals surface area contributed by atoms with E-state index >= 15 is 0 Å². The van der Waals surface area contributed by atoms with Crippen molar-refractivity contribution < 1.29 is 4.74 Å². The number of hydrogen-bond donors (Lipinski definition) is 0. The molecule has 0 atom stereocenters. The molecule has 1 aliphatic heterocycles. The second-order valence-electron chi connectivity index (χ2n) is 4.68. The summed E-state index contributed by atoms with van der Waals surface area (Å²) in [5.41, 5.74) is 0. The third kappa shape index (κ3) is 4.34. The fraction of sp³-hybridized carbons (Fsp3) is 0.571. The van der Waals surface area contributed by atoms with Crippen LogP contribution in [0.5, 0.6) is 5.75 Å². The molecule has 1 fully saturated rings. The highest BCUT2D eigenvalue weighted by atomic mass is 35.5. The molecular weight excluding hydrogens is 269 g/mol. The first-order valence-electron chi connectivity index (χ1n) is 6.56. The molecule has 0 aliphatic carbocycles. The predicted molar refractivity (Wildman–Crippen MR) is 76.9 cm³/mol. The Morgan fingerprint density at radius 1 is 1.11 bits per heavy atom. The van der Waals surface area contributed by atoms with Gasteiger partial charge in [-0.15, -0.1) is 0 Å². The van der Waals surface area contributed by atoms with Crippen molar-refractivity contribution >= 4 is 23.2 Å². The summed E-state index contributed by atoms with van der Waals surface area (Å²) in [5, 5.41) is 1.28. The van der Waals surface area contributed by atoms with Crippen LogP contribution in [-0.4, -0.2) is 31.1 Å². The number of nitrogens with zero attached hydrogens (tertiary/aromatic N) is 1. The molecule has 4 heteroatoms. The molecule has 0 bridgehead atoms. The van der Waals surface area contributed by atoms with Crippen LogP contribution in [0, 0.1) is 0 Å². The van der Waals surface area contributed by atoms with Crippen LogP contribution >= 0.6 is 23.2 Å². The van der Waals surface area contributed by atoms with E-state index in [1.807, 2.05) is 0 Å². The SMILES string of the molecule is Clc1ccc(Cl)c(OCCCCN2CCCC2)c1. The summed E-state index contributed by atoms with van der Waals surface area (Å²) in [7, 11) is 0. The van der Waals surface area contributed by atoms with E-state index in [0.717, 1.165) is 6.42 Å². The topological polar surface area (TPSA) is 12.5 Å². The highest BCUT2D eigenvalue weighted by Gasteiger charge is 2.10. The summed E-state index contributed by atoms with van der Waals surface area (Å²) >= 11 is 11.9. The number of unbranched alkanes of at least 4 members (excludes halogenated alkanes) is 1. The lowest BCUT2D eigenvalue weighted by molar-refractivity contribution is 0.280. The molecule has 2 rings (SSSR count). The Morgan fingerprint density at radius 3 is 2.67 bits per heavy atom. The maximum Gasteiger partial charge on any atom is 0.139 e. The van der Waals surface area contributed by atoms with E-state index in [9.17, 15) is 0 Å². The highest BCUT2D eigenvalue weighted by molar-refractivity contribution is 6.34. The van der Waals surface area contributed by atoms with Crippen LogP contribution in [0.1, 0.15) is 25.7 Å². The first kappa shape index (κ1) is 14.0. The van der Waals surface area contributed by atoms with Gasteiger partial charge in [0, 0.05) is 11.1 Å². The Balaban J connectivity index is 1.64. The molecule has 1 heterocycles. The molecule has 1 aromatic carbocycles. The van der Waals surface area contributed by atoms with Crippen LogP contribution < -0.4 is 4.74 Å². The van der Waals surface area contributed by atoms with Crippen molar-refractivity contribution in [2.24, 2.45) is 0 Å². The number of likely N-dealkylation sites (tertiary alicyclic amines) is 1. The molecule has 18 heavy (non-hydrogen) atoms. The summed E-state index contributed by atoms with van der Waals surface area (Å²) in [6.45, 7) is 4.42. The summed E-state index contributed by atoms with van der Waals surface area (Å²) < 4.78 is 5.65. The van der Waals surface area contributed by atoms with Crippen LogP contribution in [0.15, 0.2) is 18.2 Å². The van der Waals surface area contributed by atoms with Gasteiger partial charge in [0.25, 0.3) is 0 Å². The van der Waals surface area contributed by atoms with E-state index in [2.05, 4.69) is 4.90 Å². The molecular formula is C14H19Cl2NO. The Kier molecular flexibility index (Phi) is 5.61. The van der Waals surface area contributed by atoms with Crippen LogP contribution in [0.2, 0.25) is 10.0 Å². The van der Waals surface area contributed by atoms with Crippen molar-refractivity contribution in [3.63, 3.8) is 0 Å². The van der Waals surface area contributed by atoms with E-state index in [1.54, 1.807) is 18.2 Å². The standard InChI is InChI=1S/C14H19Cl2NO/c15-12-5-6-13(16)14(11-12)18-10-4-3-9-17-7-1-2-8-17/h5-6,11H,1-4,7-10H2. The molecule has 1 aliphatic rings. The molecule has 0 N–H and O–H groups in total. The average molecular weight is 288 g/mol. The second-order valence-corrected chi connectivity index (χ2v) is 5.52. The van der Waals surface area contributed by atoms with E-state index in [4.69, 9.17) is 27.9 Å². The van der Waals surface area contributed by atoms with E-state index in [1.165, 1.54) is 38.9 Å². The summed E-state index contributed by atoms with van der Waals surface area (Å²) in [6, 6.07) is 5.30. The monoisotopic (exact) mass is 287 g/mol. The molecule has 100 valence electrons. The third-order valence-corrected chi connectivity index (χ3v) is 3.77. The molecule has 0 amide bonds. The largest absolute Gasteiger partial charge is 0.492 e. The van der Waals surface area contributed by atoms with Gasteiger partial charge >= 0.3 is 0 Å².